The molecule has 1 amide bonds. The van der Waals surface area contributed by atoms with Crippen molar-refractivity contribution in [2.45, 2.75) is 33.7 Å². The zero-order valence-corrected chi connectivity index (χ0v) is 12.0. The van der Waals surface area contributed by atoms with E-state index in [1.165, 1.54) is 4.68 Å². The van der Waals surface area contributed by atoms with Gasteiger partial charge in [-0.2, -0.15) is 5.10 Å². The summed E-state index contributed by atoms with van der Waals surface area (Å²) in [6.45, 7) is 5.25. The van der Waals surface area contributed by atoms with Gasteiger partial charge in [0.05, 0.1) is 22.8 Å². The summed E-state index contributed by atoms with van der Waals surface area (Å²) in [5.74, 6) is -1.47. The summed E-state index contributed by atoms with van der Waals surface area (Å²) in [4.78, 5) is 23.0. The van der Waals surface area contributed by atoms with Crippen molar-refractivity contribution in [2.24, 2.45) is 0 Å². The third-order valence-corrected chi connectivity index (χ3v) is 3.06. The van der Waals surface area contributed by atoms with Crippen LogP contribution < -0.4 is 5.32 Å². The molecule has 0 aromatic carbocycles. The number of amides is 1. The lowest BCUT2D eigenvalue weighted by atomic mass is 10.2. The van der Waals surface area contributed by atoms with Crippen LogP contribution in [0.15, 0.2) is 0 Å². The zero-order chi connectivity index (χ0) is 15.6. The number of carbonyl (C=O) groups excluding carboxylic acids is 1. The number of aromatic amines is 1. The molecule has 9 nitrogen and oxygen atoms in total. The summed E-state index contributed by atoms with van der Waals surface area (Å²) in [7, 11) is 0. The van der Waals surface area contributed by atoms with Crippen LogP contribution >= 0.6 is 0 Å². The number of aryl methyl sites for hydroxylation is 2. The number of aromatic carboxylic acids is 1. The molecule has 0 radical (unpaired) electrons. The van der Waals surface area contributed by atoms with Crippen LogP contribution in [0.3, 0.4) is 0 Å². The molecule has 112 valence electrons. The molecule has 9 heteroatoms. The molecule has 0 bridgehead atoms. The van der Waals surface area contributed by atoms with E-state index in [-0.39, 0.29) is 18.1 Å². The molecule has 0 unspecified atom stereocenters. The van der Waals surface area contributed by atoms with Gasteiger partial charge in [-0.15, -0.1) is 5.10 Å². The quantitative estimate of drug-likeness (QED) is 0.737. The van der Waals surface area contributed by atoms with E-state index < -0.39 is 5.97 Å². The lowest BCUT2D eigenvalue weighted by Gasteiger charge is -2.07. The van der Waals surface area contributed by atoms with Gasteiger partial charge in [0.1, 0.15) is 6.54 Å². The molecule has 2 heterocycles. The molecule has 0 spiro atoms. The van der Waals surface area contributed by atoms with Gasteiger partial charge in [-0.25, -0.2) is 9.48 Å². The minimum Gasteiger partial charge on any atom is -0.476 e. The second-order valence-corrected chi connectivity index (χ2v) is 4.56. The van der Waals surface area contributed by atoms with Crippen molar-refractivity contribution in [2.75, 3.05) is 5.32 Å². The number of nitrogens with one attached hydrogen (secondary N) is 2. The Morgan fingerprint density at radius 1 is 1.38 bits per heavy atom. The van der Waals surface area contributed by atoms with Gasteiger partial charge in [-0.05, 0) is 20.3 Å². The summed E-state index contributed by atoms with van der Waals surface area (Å²) >= 11 is 0. The van der Waals surface area contributed by atoms with Crippen molar-refractivity contribution < 1.29 is 14.7 Å². The largest absolute Gasteiger partial charge is 0.476 e. The minimum absolute atomic E-state index is 0.104. The van der Waals surface area contributed by atoms with E-state index in [9.17, 15) is 9.59 Å². The van der Waals surface area contributed by atoms with Crippen LogP contribution in [0.5, 0.6) is 0 Å². The molecule has 0 aliphatic carbocycles. The molecule has 0 saturated heterocycles. The minimum atomic E-state index is -1.15. The Morgan fingerprint density at radius 3 is 2.62 bits per heavy atom. The van der Waals surface area contributed by atoms with Crippen LogP contribution in [0.1, 0.15) is 34.5 Å². The van der Waals surface area contributed by atoms with Crippen LogP contribution in [0, 0.1) is 13.8 Å². The number of anilines is 1. The Bertz CT molecular complexity index is 668. The molecular formula is C12H16N6O3. The molecular weight excluding hydrogens is 276 g/mol. The number of hydrogen-bond acceptors (Lipinski definition) is 5. The number of carboxylic acid groups (broad SMARTS) is 1. The Balaban J connectivity index is 2.15. The van der Waals surface area contributed by atoms with E-state index >= 15 is 0 Å². The number of carbonyl (C=O) groups is 2. The predicted octanol–water partition coefficient (Wildman–Crippen LogP) is 0.517. The van der Waals surface area contributed by atoms with E-state index in [4.69, 9.17) is 5.11 Å². The summed E-state index contributed by atoms with van der Waals surface area (Å²) in [5.41, 5.74) is 2.35. The average Bonchev–Trinajstić information content (AvgIpc) is 2.96. The number of aromatic nitrogens is 5. The van der Waals surface area contributed by atoms with Crippen molar-refractivity contribution in [3.05, 3.63) is 22.8 Å². The first kappa shape index (κ1) is 14.7. The molecule has 0 atom stereocenters. The maximum absolute atomic E-state index is 12.0. The van der Waals surface area contributed by atoms with Crippen molar-refractivity contribution in [1.29, 1.82) is 0 Å². The fourth-order valence-corrected chi connectivity index (χ4v) is 2.03. The predicted molar refractivity (Wildman–Crippen MR) is 73.1 cm³/mol. The van der Waals surface area contributed by atoms with Gasteiger partial charge >= 0.3 is 5.97 Å². The van der Waals surface area contributed by atoms with Gasteiger partial charge in [0.25, 0.3) is 0 Å². The SMILES string of the molecule is CCc1c(C(=O)O)nnn1CC(=O)Nc1c(C)n[nH]c1C. The second kappa shape index (κ2) is 5.73. The first-order valence-corrected chi connectivity index (χ1v) is 6.41. The van der Waals surface area contributed by atoms with E-state index in [1.807, 2.05) is 0 Å². The van der Waals surface area contributed by atoms with Gasteiger partial charge in [-0.3, -0.25) is 9.89 Å². The van der Waals surface area contributed by atoms with Crippen LogP contribution in [-0.4, -0.2) is 42.2 Å². The third-order valence-electron chi connectivity index (χ3n) is 3.06. The number of nitrogens with zero attached hydrogens (tertiary/aromatic N) is 4. The Kier molecular flexibility index (Phi) is 4.01. The molecule has 0 aliphatic heterocycles. The molecule has 2 rings (SSSR count). The first-order chi connectivity index (χ1) is 9.93. The third kappa shape index (κ3) is 2.91. The van der Waals surface area contributed by atoms with Crippen molar-refractivity contribution in [3.63, 3.8) is 0 Å². The second-order valence-electron chi connectivity index (χ2n) is 4.56. The highest BCUT2D eigenvalue weighted by Crippen LogP contribution is 2.16. The van der Waals surface area contributed by atoms with Crippen molar-refractivity contribution >= 4 is 17.6 Å². The molecule has 2 aromatic heterocycles. The van der Waals surface area contributed by atoms with Crippen LogP contribution in [0.4, 0.5) is 5.69 Å². The number of carboxylic acids is 1. The van der Waals surface area contributed by atoms with Crippen molar-refractivity contribution in [3.8, 4) is 0 Å². The average molecular weight is 292 g/mol. The van der Waals surface area contributed by atoms with Gasteiger partial charge in [0, 0.05) is 0 Å². The van der Waals surface area contributed by atoms with E-state index in [1.54, 1.807) is 20.8 Å². The van der Waals surface area contributed by atoms with Crippen molar-refractivity contribution in [1.82, 2.24) is 25.2 Å². The maximum atomic E-state index is 12.0. The summed E-state index contributed by atoms with van der Waals surface area (Å²) in [5, 5.41) is 25.8. The summed E-state index contributed by atoms with van der Waals surface area (Å²) in [6.07, 6.45) is 0.422. The highest BCUT2D eigenvalue weighted by Gasteiger charge is 2.19. The molecule has 21 heavy (non-hydrogen) atoms. The molecule has 0 fully saturated rings. The molecule has 0 aliphatic rings. The fraction of sp³-hybridized carbons (Fsp3) is 0.417. The van der Waals surface area contributed by atoms with Crippen LogP contribution in [-0.2, 0) is 17.8 Å². The standard InChI is InChI=1S/C12H16N6O3/c1-4-8-11(12(20)21)16-17-18(8)5-9(19)13-10-6(2)14-15-7(10)3/h4-5H2,1-3H3,(H,13,19)(H,14,15)(H,20,21). The van der Waals surface area contributed by atoms with E-state index in [0.717, 1.165) is 5.69 Å². The molecule has 0 saturated carbocycles. The number of hydrogen-bond donors (Lipinski definition) is 3. The van der Waals surface area contributed by atoms with E-state index in [0.29, 0.717) is 23.5 Å². The molecule has 3 N–H and O–H groups in total. The number of H-pyrrole nitrogens is 1. The van der Waals surface area contributed by atoms with Gasteiger partial charge in [0.15, 0.2) is 5.69 Å². The van der Waals surface area contributed by atoms with E-state index in [2.05, 4.69) is 25.8 Å². The Labute approximate surface area is 120 Å². The highest BCUT2D eigenvalue weighted by molar-refractivity contribution is 5.92. The topological polar surface area (TPSA) is 126 Å². The smallest absolute Gasteiger partial charge is 0.358 e. The lowest BCUT2D eigenvalue weighted by molar-refractivity contribution is -0.117. The Morgan fingerprint density at radius 2 is 2.10 bits per heavy atom. The molecule has 2 aromatic rings. The van der Waals surface area contributed by atoms with Gasteiger partial charge in [-0.1, -0.05) is 12.1 Å². The monoisotopic (exact) mass is 292 g/mol. The van der Waals surface area contributed by atoms with Crippen LogP contribution in [0.2, 0.25) is 0 Å². The van der Waals surface area contributed by atoms with Gasteiger partial charge in [0.2, 0.25) is 5.91 Å². The highest BCUT2D eigenvalue weighted by atomic mass is 16.4. The summed E-state index contributed by atoms with van der Waals surface area (Å²) in [6, 6.07) is 0. The Hall–Kier alpha value is -2.71. The van der Waals surface area contributed by atoms with Crippen LogP contribution in [0.25, 0.3) is 0 Å². The maximum Gasteiger partial charge on any atom is 0.358 e. The lowest BCUT2D eigenvalue weighted by Crippen LogP contribution is -2.21. The number of rotatable bonds is 5. The fourth-order valence-electron chi connectivity index (χ4n) is 2.03. The van der Waals surface area contributed by atoms with Gasteiger partial charge < -0.3 is 10.4 Å². The first-order valence-electron chi connectivity index (χ1n) is 6.41. The summed E-state index contributed by atoms with van der Waals surface area (Å²) < 4.78 is 1.30. The normalized spacial score (nSPS) is 10.6. The zero-order valence-electron chi connectivity index (χ0n) is 12.0.